The van der Waals surface area contributed by atoms with Gasteiger partial charge in [0.05, 0.1) is 5.71 Å². The molecule has 0 aliphatic carbocycles. The number of thiocarbonyl (C=S) groups is 1. The van der Waals surface area contributed by atoms with Crippen molar-refractivity contribution in [2.45, 2.75) is 45.4 Å². The van der Waals surface area contributed by atoms with E-state index in [1.165, 1.54) is 19.3 Å². The molecular weight excluding hydrogens is 314 g/mol. The van der Waals surface area contributed by atoms with Crippen LogP contribution in [0.5, 0.6) is 0 Å². The highest BCUT2D eigenvalue weighted by Gasteiger charge is 2.09. The van der Waals surface area contributed by atoms with E-state index in [1.54, 1.807) is 5.01 Å². The SMILES string of the molecule is CCCCCCN(/N=C(\CCCCl)c1ccccc1)C(N)=S. The number of halogens is 1. The van der Waals surface area contributed by atoms with E-state index in [1.807, 2.05) is 18.2 Å². The normalized spacial score (nSPS) is 11.5. The van der Waals surface area contributed by atoms with Gasteiger partial charge in [0.2, 0.25) is 0 Å². The molecule has 3 nitrogen and oxygen atoms in total. The van der Waals surface area contributed by atoms with E-state index in [-0.39, 0.29) is 0 Å². The Morgan fingerprint density at radius 2 is 1.91 bits per heavy atom. The lowest BCUT2D eigenvalue weighted by Crippen LogP contribution is -2.33. The number of hydrogen-bond donors (Lipinski definition) is 1. The van der Waals surface area contributed by atoms with Crippen molar-refractivity contribution >= 4 is 34.6 Å². The van der Waals surface area contributed by atoms with Gasteiger partial charge in [-0.3, -0.25) is 0 Å². The van der Waals surface area contributed by atoms with Crippen LogP contribution in [0.1, 0.15) is 51.0 Å². The van der Waals surface area contributed by atoms with Gasteiger partial charge in [-0.2, -0.15) is 5.10 Å². The average molecular weight is 340 g/mol. The highest BCUT2D eigenvalue weighted by Crippen LogP contribution is 2.10. The summed E-state index contributed by atoms with van der Waals surface area (Å²) in [5.41, 5.74) is 7.92. The Morgan fingerprint density at radius 3 is 2.50 bits per heavy atom. The van der Waals surface area contributed by atoms with Crippen molar-refractivity contribution in [2.24, 2.45) is 10.8 Å². The van der Waals surface area contributed by atoms with Crippen LogP contribution >= 0.6 is 23.8 Å². The van der Waals surface area contributed by atoms with Crippen molar-refractivity contribution in [3.05, 3.63) is 35.9 Å². The summed E-state index contributed by atoms with van der Waals surface area (Å²) in [5.74, 6) is 0.620. The molecule has 0 amide bonds. The molecule has 0 fully saturated rings. The fraction of sp³-hybridized carbons (Fsp3) is 0.529. The van der Waals surface area contributed by atoms with E-state index in [0.717, 1.165) is 37.1 Å². The smallest absolute Gasteiger partial charge is 0.186 e. The molecule has 5 heteroatoms. The number of unbranched alkanes of at least 4 members (excludes halogenated alkanes) is 3. The van der Waals surface area contributed by atoms with Gasteiger partial charge in [0, 0.05) is 12.4 Å². The van der Waals surface area contributed by atoms with Crippen LogP contribution in [0.2, 0.25) is 0 Å². The number of benzene rings is 1. The van der Waals surface area contributed by atoms with Crippen LogP contribution in [0.25, 0.3) is 0 Å². The maximum Gasteiger partial charge on any atom is 0.186 e. The lowest BCUT2D eigenvalue weighted by atomic mass is 10.1. The number of hydrogen-bond acceptors (Lipinski definition) is 2. The fourth-order valence-corrected chi connectivity index (χ4v) is 2.43. The van der Waals surface area contributed by atoms with Crippen LogP contribution in [0, 0.1) is 0 Å². The van der Waals surface area contributed by atoms with Gasteiger partial charge in [-0.25, -0.2) is 5.01 Å². The third-order valence-corrected chi connectivity index (χ3v) is 3.85. The van der Waals surface area contributed by atoms with E-state index in [4.69, 9.17) is 34.7 Å². The largest absolute Gasteiger partial charge is 0.375 e. The first-order chi connectivity index (χ1) is 10.7. The summed E-state index contributed by atoms with van der Waals surface area (Å²) in [6, 6.07) is 10.1. The minimum atomic E-state index is 0.329. The molecule has 0 atom stereocenters. The Labute approximate surface area is 144 Å². The van der Waals surface area contributed by atoms with Gasteiger partial charge in [0.1, 0.15) is 0 Å². The molecule has 1 rings (SSSR count). The molecule has 0 unspecified atom stereocenters. The zero-order valence-corrected chi connectivity index (χ0v) is 14.9. The summed E-state index contributed by atoms with van der Waals surface area (Å²) in [4.78, 5) is 0. The molecule has 0 aliphatic heterocycles. The van der Waals surface area contributed by atoms with Gasteiger partial charge in [-0.05, 0) is 37.0 Å². The highest BCUT2D eigenvalue weighted by molar-refractivity contribution is 7.80. The van der Waals surface area contributed by atoms with Crippen LogP contribution < -0.4 is 5.73 Å². The topological polar surface area (TPSA) is 41.6 Å². The lowest BCUT2D eigenvalue weighted by Gasteiger charge is -2.19. The van der Waals surface area contributed by atoms with E-state index in [2.05, 4.69) is 19.1 Å². The molecule has 0 saturated carbocycles. The molecule has 2 N–H and O–H groups in total. The van der Waals surface area contributed by atoms with Gasteiger partial charge >= 0.3 is 0 Å². The summed E-state index contributed by atoms with van der Waals surface area (Å²) >= 11 is 11.0. The lowest BCUT2D eigenvalue weighted by molar-refractivity contribution is 0.424. The Balaban J connectivity index is 2.82. The second-order valence-electron chi connectivity index (χ2n) is 5.23. The zero-order valence-electron chi connectivity index (χ0n) is 13.3. The maximum atomic E-state index is 5.83. The average Bonchev–Trinajstić information content (AvgIpc) is 2.54. The van der Waals surface area contributed by atoms with Crippen molar-refractivity contribution in [2.75, 3.05) is 12.4 Å². The number of rotatable bonds is 10. The number of nitrogens with two attached hydrogens (primary N) is 1. The first-order valence-electron chi connectivity index (χ1n) is 7.94. The first kappa shape index (κ1) is 18.9. The van der Waals surface area contributed by atoms with Crippen LogP contribution in [0.15, 0.2) is 35.4 Å². The summed E-state index contributed by atoms with van der Waals surface area (Å²) in [7, 11) is 0. The summed E-state index contributed by atoms with van der Waals surface area (Å²) in [6.07, 6.45) is 6.37. The molecule has 0 aliphatic rings. The van der Waals surface area contributed by atoms with E-state index in [0.29, 0.717) is 11.0 Å². The molecule has 0 heterocycles. The van der Waals surface area contributed by atoms with Gasteiger partial charge in [0.25, 0.3) is 0 Å². The minimum absolute atomic E-state index is 0.329. The van der Waals surface area contributed by atoms with E-state index >= 15 is 0 Å². The summed E-state index contributed by atoms with van der Waals surface area (Å²) in [5, 5.41) is 6.79. The fourth-order valence-electron chi connectivity index (χ4n) is 2.16. The van der Waals surface area contributed by atoms with Crippen molar-refractivity contribution < 1.29 is 0 Å². The zero-order chi connectivity index (χ0) is 16.2. The monoisotopic (exact) mass is 339 g/mol. The van der Waals surface area contributed by atoms with Gasteiger partial charge in [-0.1, -0.05) is 56.5 Å². The highest BCUT2D eigenvalue weighted by atomic mass is 35.5. The second-order valence-corrected chi connectivity index (χ2v) is 6.02. The molecule has 0 saturated heterocycles. The summed E-state index contributed by atoms with van der Waals surface area (Å²) < 4.78 is 0. The molecule has 0 aromatic heterocycles. The van der Waals surface area contributed by atoms with Crippen molar-refractivity contribution in [3.63, 3.8) is 0 Å². The molecule has 22 heavy (non-hydrogen) atoms. The van der Waals surface area contributed by atoms with Crippen LogP contribution in [0.3, 0.4) is 0 Å². The molecule has 122 valence electrons. The quantitative estimate of drug-likeness (QED) is 0.224. The van der Waals surface area contributed by atoms with E-state index < -0.39 is 0 Å². The van der Waals surface area contributed by atoms with Crippen molar-refractivity contribution in [1.29, 1.82) is 0 Å². The second kappa shape index (κ2) is 11.4. The van der Waals surface area contributed by atoms with Gasteiger partial charge in [0.15, 0.2) is 5.11 Å². The Kier molecular flexibility index (Phi) is 9.84. The number of nitrogens with zero attached hydrogens (tertiary/aromatic N) is 2. The molecule has 0 radical (unpaired) electrons. The number of hydrazone groups is 1. The van der Waals surface area contributed by atoms with Gasteiger partial charge < -0.3 is 5.73 Å². The van der Waals surface area contributed by atoms with Crippen LogP contribution in [0.4, 0.5) is 0 Å². The third kappa shape index (κ3) is 7.23. The van der Waals surface area contributed by atoms with Crippen LogP contribution in [-0.4, -0.2) is 28.3 Å². The molecule has 1 aromatic rings. The Bertz CT molecular complexity index is 462. The van der Waals surface area contributed by atoms with Crippen LogP contribution in [-0.2, 0) is 0 Å². The predicted octanol–water partition coefficient (Wildman–Crippen LogP) is 4.54. The Hall–Kier alpha value is -1.13. The predicted molar refractivity (Wildman–Crippen MR) is 101 cm³/mol. The molecule has 1 aromatic carbocycles. The minimum Gasteiger partial charge on any atom is -0.375 e. The Morgan fingerprint density at radius 1 is 1.18 bits per heavy atom. The first-order valence-corrected chi connectivity index (χ1v) is 8.89. The van der Waals surface area contributed by atoms with E-state index in [9.17, 15) is 0 Å². The molecule has 0 spiro atoms. The molecule has 0 bridgehead atoms. The number of alkyl halides is 1. The molecular formula is C17H26ClN3S. The standard InChI is InChI=1S/C17H26ClN3S/c1-2-3-4-8-14-21(17(19)22)20-16(12-9-13-18)15-10-6-5-7-11-15/h5-7,10-11H,2-4,8-9,12-14H2,1H3,(H2,19,22)/b20-16+. The van der Waals surface area contributed by atoms with Crippen molar-refractivity contribution in [1.82, 2.24) is 5.01 Å². The van der Waals surface area contributed by atoms with Gasteiger partial charge in [-0.15, -0.1) is 11.6 Å². The third-order valence-electron chi connectivity index (χ3n) is 3.37. The van der Waals surface area contributed by atoms with Crippen molar-refractivity contribution in [3.8, 4) is 0 Å². The maximum absolute atomic E-state index is 5.83. The summed E-state index contributed by atoms with van der Waals surface area (Å²) in [6.45, 7) is 2.97.